The van der Waals surface area contributed by atoms with Crippen molar-refractivity contribution in [2.24, 2.45) is 34.5 Å². The second-order valence-corrected chi connectivity index (χ2v) is 16.2. The van der Waals surface area contributed by atoms with Gasteiger partial charge in [-0.05, 0) is 130 Å². The van der Waals surface area contributed by atoms with E-state index in [0.29, 0.717) is 28.2 Å². The quantitative estimate of drug-likeness (QED) is 0.284. The monoisotopic (exact) mass is 556 g/mol. The van der Waals surface area contributed by atoms with Gasteiger partial charge in [0.25, 0.3) is 0 Å². The number of nitrogens with one attached hydrogen (secondary N) is 1. The highest BCUT2D eigenvalue weighted by Crippen LogP contribution is 2.65. The Labute approximate surface area is 242 Å². The first-order chi connectivity index (χ1) is 18.5. The summed E-state index contributed by atoms with van der Waals surface area (Å²) in [6, 6.07) is 0.547. The lowest BCUT2D eigenvalue weighted by atomic mass is 9.46. The molecule has 1 aromatic heterocycles. The zero-order valence-corrected chi connectivity index (χ0v) is 26.0. The van der Waals surface area contributed by atoms with E-state index < -0.39 is 0 Å². The average molecular weight is 557 g/mol. The number of alkyl halides is 1. The number of tetrazole rings is 1. The van der Waals surface area contributed by atoms with Gasteiger partial charge < -0.3 is 10.2 Å². The third-order valence-electron chi connectivity index (χ3n) is 11.5. The van der Waals surface area contributed by atoms with Gasteiger partial charge in [0.2, 0.25) is 0 Å². The summed E-state index contributed by atoms with van der Waals surface area (Å²) in [4.78, 5) is 4.81. The molecule has 1 aliphatic heterocycles. The molecule has 218 valence electrons. The van der Waals surface area contributed by atoms with Crippen LogP contribution >= 0.6 is 11.6 Å². The Hall–Kier alpha value is -0.980. The topological polar surface area (TPSA) is 58.9 Å². The maximum Gasteiger partial charge on any atom is 0.171 e. The van der Waals surface area contributed by atoms with Gasteiger partial charge in [-0.1, -0.05) is 39.3 Å². The van der Waals surface area contributed by atoms with E-state index in [1.54, 1.807) is 5.57 Å². The Balaban J connectivity index is 1.05. The van der Waals surface area contributed by atoms with Gasteiger partial charge >= 0.3 is 0 Å². The fourth-order valence-corrected chi connectivity index (χ4v) is 10.4. The number of allylic oxidation sites excluding steroid dienone is 2. The molecule has 39 heavy (non-hydrogen) atoms. The van der Waals surface area contributed by atoms with Gasteiger partial charge in [0.1, 0.15) is 0 Å². The number of piperidine rings is 1. The third-order valence-corrected chi connectivity index (χ3v) is 11.9. The van der Waals surface area contributed by atoms with Crippen LogP contribution in [0.15, 0.2) is 11.6 Å². The third kappa shape index (κ3) is 5.73. The maximum absolute atomic E-state index is 6.40. The molecule has 1 N–H and O–H groups in total. The highest BCUT2D eigenvalue weighted by atomic mass is 35.5. The second kappa shape index (κ2) is 10.7. The van der Waals surface area contributed by atoms with Crippen molar-refractivity contribution < 1.29 is 0 Å². The van der Waals surface area contributed by atoms with Crippen molar-refractivity contribution in [1.29, 1.82) is 0 Å². The zero-order valence-electron chi connectivity index (χ0n) is 25.3. The number of aromatic nitrogens is 4. The van der Waals surface area contributed by atoms with Crippen LogP contribution in [0.2, 0.25) is 0 Å². The van der Waals surface area contributed by atoms with Crippen LogP contribution in [0.3, 0.4) is 0 Å². The molecule has 0 aromatic carbocycles. The second-order valence-electron chi connectivity index (χ2n) is 15.6. The van der Waals surface area contributed by atoms with Crippen LogP contribution in [0, 0.1) is 41.4 Å². The molecule has 7 rings (SSSR count). The number of aryl methyl sites for hydroxylation is 1. The number of hydrogen-bond donors (Lipinski definition) is 1. The fraction of sp³-hybridized carbons (Fsp3) is 0.906. The average Bonchev–Trinajstić information content (AvgIpc) is 3.30. The summed E-state index contributed by atoms with van der Waals surface area (Å²) in [6.45, 7) is 16.5. The first-order valence-corrected chi connectivity index (χ1v) is 16.5. The molecule has 0 amide bonds. The summed E-state index contributed by atoms with van der Waals surface area (Å²) >= 11 is 6.40. The number of rotatable bonds is 9. The maximum atomic E-state index is 6.40. The molecule has 1 aromatic rings. The van der Waals surface area contributed by atoms with Gasteiger partial charge in [-0.3, -0.25) is 0 Å². The predicted molar refractivity (Wildman–Crippen MR) is 159 cm³/mol. The van der Waals surface area contributed by atoms with Crippen molar-refractivity contribution in [3.8, 4) is 0 Å². The molecule has 7 heteroatoms. The lowest BCUT2D eigenvalue weighted by molar-refractivity contribution is -0.115. The number of halogens is 1. The van der Waals surface area contributed by atoms with Gasteiger partial charge in [0, 0.05) is 24.5 Å². The highest BCUT2D eigenvalue weighted by molar-refractivity contribution is 6.20. The Morgan fingerprint density at radius 1 is 1.13 bits per heavy atom. The molecular weight excluding hydrogens is 504 g/mol. The molecule has 6 aliphatic rings. The van der Waals surface area contributed by atoms with Gasteiger partial charge in [0.05, 0.1) is 5.54 Å². The standard InChI is InChI=1S/C32H53ClN6/c1-22(2)29(19-38-13-10-28(30(4,5)21-38)26-6-8-27(33)9-7-26)34-12-11-31-15-24-14-25(16-31)18-32(17-24,20-31)39-36-23(3)35-37-39/h6,22,24-25,27-29,34H,7-21H2,1-5H3/t24?,25?,27?,28?,29-,31?,32?/m0/s1. The fourth-order valence-electron chi connectivity index (χ4n) is 10.2. The van der Waals surface area contributed by atoms with Gasteiger partial charge in [-0.25, -0.2) is 0 Å². The normalized spacial score (nSPS) is 38.8. The summed E-state index contributed by atoms with van der Waals surface area (Å²) in [7, 11) is 0. The van der Waals surface area contributed by atoms with Crippen molar-refractivity contribution in [3.05, 3.63) is 17.5 Å². The Morgan fingerprint density at radius 3 is 2.51 bits per heavy atom. The summed E-state index contributed by atoms with van der Waals surface area (Å²) in [6.07, 6.45) is 16.5. The van der Waals surface area contributed by atoms with E-state index in [1.807, 2.05) is 11.7 Å². The van der Waals surface area contributed by atoms with Crippen LogP contribution in [0.5, 0.6) is 0 Å². The van der Waals surface area contributed by atoms with E-state index in [2.05, 4.69) is 54.3 Å². The Morgan fingerprint density at radius 2 is 1.90 bits per heavy atom. The molecule has 4 saturated carbocycles. The molecule has 0 radical (unpaired) electrons. The minimum Gasteiger partial charge on any atom is -0.312 e. The predicted octanol–water partition coefficient (Wildman–Crippen LogP) is 6.35. The molecule has 4 bridgehead atoms. The highest BCUT2D eigenvalue weighted by Gasteiger charge is 2.59. The van der Waals surface area contributed by atoms with Gasteiger partial charge in [-0.15, -0.1) is 21.8 Å². The summed E-state index contributed by atoms with van der Waals surface area (Å²) in [5.41, 5.74) is 2.60. The van der Waals surface area contributed by atoms with Crippen molar-refractivity contribution >= 4 is 11.6 Å². The van der Waals surface area contributed by atoms with Crippen LogP contribution in [0.4, 0.5) is 0 Å². The largest absolute Gasteiger partial charge is 0.312 e. The van der Waals surface area contributed by atoms with E-state index >= 15 is 0 Å². The van der Waals surface area contributed by atoms with Crippen molar-refractivity contribution in [3.63, 3.8) is 0 Å². The molecule has 5 fully saturated rings. The molecular formula is C32H53ClN6. The van der Waals surface area contributed by atoms with E-state index in [0.717, 1.165) is 43.0 Å². The van der Waals surface area contributed by atoms with E-state index in [9.17, 15) is 0 Å². The minimum absolute atomic E-state index is 0.122. The van der Waals surface area contributed by atoms with E-state index in [1.165, 1.54) is 77.4 Å². The van der Waals surface area contributed by atoms with Crippen molar-refractivity contribution in [2.75, 3.05) is 26.2 Å². The molecule has 4 unspecified atom stereocenters. The van der Waals surface area contributed by atoms with Gasteiger partial charge in [0.15, 0.2) is 5.82 Å². The molecule has 5 atom stereocenters. The van der Waals surface area contributed by atoms with Crippen LogP contribution in [-0.2, 0) is 5.54 Å². The SMILES string of the molecule is Cc1nnn(C23CC4CC(CC(CCN[C@@H](CN5CCC(C6=CCC(Cl)CC6)C(C)(C)C5)C(C)C)(C4)C2)C3)n1. The lowest BCUT2D eigenvalue weighted by Gasteiger charge is -2.61. The van der Waals surface area contributed by atoms with Crippen LogP contribution in [-0.4, -0.2) is 62.7 Å². The summed E-state index contributed by atoms with van der Waals surface area (Å²) < 4.78 is 0. The molecule has 0 spiro atoms. The van der Waals surface area contributed by atoms with Crippen LogP contribution in [0.1, 0.15) is 104 Å². The Kier molecular flexibility index (Phi) is 7.72. The first-order valence-electron chi connectivity index (χ1n) is 16.1. The first kappa shape index (κ1) is 28.2. The number of nitrogens with zero attached hydrogens (tertiary/aromatic N) is 5. The van der Waals surface area contributed by atoms with Crippen LogP contribution in [0.25, 0.3) is 0 Å². The Bertz CT molecular complexity index is 1030. The van der Waals surface area contributed by atoms with Crippen molar-refractivity contribution in [1.82, 2.24) is 30.4 Å². The molecule has 6 nitrogen and oxygen atoms in total. The molecule has 2 heterocycles. The molecule has 5 aliphatic carbocycles. The lowest BCUT2D eigenvalue weighted by Crippen LogP contribution is -2.58. The number of hydrogen-bond acceptors (Lipinski definition) is 5. The van der Waals surface area contributed by atoms with E-state index in [4.69, 9.17) is 16.7 Å². The smallest absolute Gasteiger partial charge is 0.171 e. The van der Waals surface area contributed by atoms with Crippen LogP contribution < -0.4 is 5.32 Å². The van der Waals surface area contributed by atoms with Gasteiger partial charge in [-0.2, -0.15) is 4.80 Å². The zero-order chi connectivity index (χ0) is 27.4. The number of likely N-dealkylation sites (tertiary alicyclic amines) is 1. The van der Waals surface area contributed by atoms with Crippen molar-refractivity contribution in [2.45, 2.75) is 122 Å². The molecule has 1 saturated heterocycles. The summed E-state index contributed by atoms with van der Waals surface area (Å²) in [5, 5.41) is 18.0. The minimum atomic E-state index is 0.122. The summed E-state index contributed by atoms with van der Waals surface area (Å²) in [5.74, 6) is 3.86. The van der Waals surface area contributed by atoms with E-state index in [-0.39, 0.29) is 5.54 Å².